The minimum absolute atomic E-state index is 0.239. The molecule has 2 N–H and O–H groups in total. The highest BCUT2D eigenvalue weighted by molar-refractivity contribution is 6.40. The Morgan fingerprint density at radius 1 is 1.09 bits per heavy atom. The molecule has 4 rings (SSSR count). The lowest BCUT2D eigenvalue weighted by molar-refractivity contribution is -0.133. The van der Waals surface area contributed by atoms with Crippen LogP contribution in [-0.2, 0) is 15.1 Å². The summed E-state index contributed by atoms with van der Waals surface area (Å²) in [5, 5.41) is 7.69. The number of methoxy groups -OCH3 is 1. The van der Waals surface area contributed by atoms with E-state index in [1.54, 1.807) is 39.2 Å². The number of anilines is 1. The number of urea groups is 1. The number of imide groups is 1. The highest BCUT2D eigenvalue weighted by Gasteiger charge is 2.49. The number of aryl methyl sites for hydroxylation is 1. The van der Waals surface area contributed by atoms with Crippen LogP contribution in [0, 0.1) is 6.92 Å². The van der Waals surface area contributed by atoms with E-state index in [0.29, 0.717) is 10.6 Å². The second kappa shape index (κ2) is 8.57. The normalized spacial score (nSPS) is 17.9. The van der Waals surface area contributed by atoms with Crippen LogP contribution < -0.4 is 15.4 Å². The summed E-state index contributed by atoms with van der Waals surface area (Å²) in [6, 6.07) is 13.7. The number of carbonyl (C=O) groups is 3. The third kappa shape index (κ3) is 4.10. The van der Waals surface area contributed by atoms with Crippen LogP contribution in [0.25, 0.3) is 10.8 Å². The van der Waals surface area contributed by atoms with Gasteiger partial charge < -0.3 is 15.4 Å². The molecule has 0 saturated carbocycles. The summed E-state index contributed by atoms with van der Waals surface area (Å²) in [4.78, 5) is 39.4. The summed E-state index contributed by atoms with van der Waals surface area (Å²) in [5.74, 6) is -0.405. The first-order chi connectivity index (χ1) is 15.6. The van der Waals surface area contributed by atoms with Crippen LogP contribution in [-0.4, -0.2) is 36.4 Å². The highest BCUT2D eigenvalue weighted by atomic mass is 35.5. The second-order valence-corrected chi connectivity index (χ2v) is 8.76. The van der Waals surface area contributed by atoms with E-state index in [2.05, 4.69) is 10.6 Å². The van der Waals surface area contributed by atoms with E-state index < -0.39 is 29.9 Å². The molecule has 1 fully saturated rings. The zero-order valence-corrected chi connectivity index (χ0v) is 19.7. The molecule has 1 aliphatic rings. The lowest BCUT2D eigenvalue weighted by atomic mass is 9.90. The van der Waals surface area contributed by atoms with Crippen molar-refractivity contribution in [3.63, 3.8) is 0 Å². The van der Waals surface area contributed by atoms with Crippen LogP contribution in [0.3, 0.4) is 0 Å². The van der Waals surface area contributed by atoms with Crippen molar-refractivity contribution in [1.29, 1.82) is 0 Å². The number of hydrogen-bond donors (Lipinski definition) is 2. The van der Waals surface area contributed by atoms with Crippen molar-refractivity contribution in [2.24, 2.45) is 0 Å². The molecule has 0 bridgehead atoms. The lowest BCUT2D eigenvalue weighted by Crippen LogP contribution is -2.42. The molecule has 9 heteroatoms. The predicted molar refractivity (Wildman–Crippen MR) is 128 cm³/mol. The molecule has 0 aliphatic carbocycles. The molecule has 1 atom stereocenters. The Bertz CT molecular complexity index is 1310. The Morgan fingerprint density at radius 2 is 1.79 bits per heavy atom. The average Bonchev–Trinajstić information content (AvgIpc) is 3.02. The molecule has 0 aromatic heterocycles. The smallest absolute Gasteiger partial charge is 0.325 e. The van der Waals surface area contributed by atoms with E-state index in [4.69, 9.17) is 27.9 Å². The topological polar surface area (TPSA) is 87.7 Å². The largest absolute Gasteiger partial charge is 0.497 e. The first-order valence-electron chi connectivity index (χ1n) is 10.1. The summed E-state index contributed by atoms with van der Waals surface area (Å²) < 4.78 is 5.25. The fraction of sp³-hybridized carbons (Fsp3) is 0.208. The van der Waals surface area contributed by atoms with Crippen molar-refractivity contribution < 1.29 is 19.1 Å². The van der Waals surface area contributed by atoms with Crippen LogP contribution in [0.15, 0.2) is 48.5 Å². The summed E-state index contributed by atoms with van der Waals surface area (Å²) in [6.07, 6.45) is 0. The number of nitrogens with zero attached hydrogens (tertiary/aromatic N) is 1. The maximum atomic E-state index is 13.2. The lowest BCUT2D eigenvalue weighted by Gasteiger charge is -2.23. The molecule has 1 unspecified atom stereocenters. The number of nitrogens with one attached hydrogen (secondary N) is 2. The van der Waals surface area contributed by atoms with Crippen LogP contribution in [0.1, 0.15) is 18.1 Å². The molecule has 1 aliphatic heterocycles. The maximum absolute atomic E-state index is 13.2. The van der Waals surface area contributed by atoms with Gasteiger partial charge in [-0.05, 0) is 60.0 Å². The molecule has 33 heavy (non-hydrogen) atoms. The van der Waals surface area contributed by atoms with E-state index >= 15 is 0 Å². The minimum atomic E-state index is -1.32. The number of fused-ring (bicyclic) bond motifs is 1. The van der Waals surface area contributed by atoms with Gasteiger partial charge in [-0.2, -0.15) is 0 Å². The third-order valence-electron chi connectivity index (χ3n) is 5.75. The molecule has 1 saturated heterocycles. The van der Waals surface area contributed by atoms with Crippen molar-refractivity contribution in [3.8, 4) is 5.75 Å². The molecular formula is C24H21Cl2N3O4. The van der Waals surface area contributed by atoms with Gasteiger partial charge in [-0.1, -0.05) is 47.5 Å². The van der Waals surface area contributed by atoms with Gasteiger partial charge in [0.05, 0.1) is 22.8 Å². The Morgan fingerprint density at radius 3 is 2.52 bits per heavy atom. The van der Waals surface area contributed by atoms with Crippen LogP contribution in [0.2, 0.25) is 10.0 Å². The molecule has 7 nitrogen and oxygen atoms in total. The van der Waals surface area contributed by atoms with Crippen molar-refractivity contribution in [2.75, 3.05) is 19.0 Å². The van der Waals surface area contributed by atoms with Gasteiger partial charge in [0.2, 0.25) is 5.91 Å². The Labute approximate surface area is 200 Å². The van der Waals surface area contributed by atoms with Gasteiger partial charge in [-0.25, -0.2) is 4.79 Å². The summed E-state index contributed by atoms with van der Waals surface area (Å²) in [6.45, 7) is 2.91. The number of amides is 4. The molecule has 1 heterocycles. The summed E-state index contributed by atoms with van der Waals surface area (Å²) in [7, 11) is 1.59. The fourth-order valence-electron chi connectivity index (χ4n) is 3.79. The van der Waals surface area contributed by atoms with Gasteiger partial charge in [0, 0.05) is 0 Å². The molecule has 0 spiro atoms. The number of halogens is 2. The van der Waals surface area contributed by atoms with Crippen molar-refractivity contribution in [2.45, 2.75) is 19.4 Å². The van der Waals surface area contributed by atoms with Gasteiger partial charge in [0.1, 0.15) is 17.8 Å². The quantitative estimate of drug-likeness (QED) is 0.504. The standard InChI is InChI=1S/C24H21Cl2N3O4/c1-13-4-9-18(25)21(20(13)26)27-19(30)12-29-22(31)24(2,28-23(29)32)16-7-5-15-11-17(33-3)8-6-14(15)10-16/h4-11H,12H2,1-3H3,(H,27,30)(H,28,32). The maximum Gasteiger partial charge on any atom is 0.325 e. The Balaban J connectivity index is 1.56. The molecule has 3 aromatic carbocycles. The first kappa shape index (κ1) is 22.9. The summed E-state index contributed by atoms with van der Waals surface area (Å²) >= 11 is 12.4. The van der Waals surface area contributed by atoms with Gasteiger partial charge >= 0.3 is 6.03 Å². The molecule has 3 aromatic rings. The Hall–Kier alpha value is -3.29. The number of ether oxygens (including phenoxy) is 1. The Kier molecular flexibility index (Phi) is 5.95. The first-order valence-corrected chi connectivity index (χ1v) is 10.9. The van der Waals surface area contributed by atoms with Crippen LogP contribution in [0.5, 0.6) is 5.75 Å². The van der Waals surface area contributed by atoms with E-state index in [-0.39, 0.29) is 10.7 Å². The van der Waals surface area contributed by atoms with Crippen molar-refractivity contribution in [3.05, 3.63) is 69.7 Å². The van der Waals surface area contributed by atoms with Gasteiger partial charge in [-0.3, -0.25) is 14.5 Å². The van der Waals surface area contributed by atoms with Crippen molar-refractivity contribution in [1.82, 2.24) is 10.2 Å². The van der Waals surface area contributed by atoms with Gasteiger partial charge in [-0.15, -0.1) is 0 Å². The van der Waals surface area contributed by atoms with Gasteiger partial charge in [0.15, 0.2) is 0 Å². The predicted octanol–water partition coefficient (Wildman–Crippen LogP) is 4.87. The molecule has 0 radical (unpaired) electrons. The number of carbonyl (C=O) groups excluding carboxylic acids is 3. The van der Waals surface area contributed by atoms with E-state index in [9.17, 15) is 14.4 Å². The highest BCUT2D eigenvalue weighted by Crippen LogP contribution is 2.34. The van der Waals surface area contributed by atoms with Crippen LogP contribution in [0.4, 0.5) is 10.5 Å². The molecular weight excluding hydrogens is 465 g/mol. The van der Waals surface area contributed by atoms with E-state index in [1.807, 2.05) is 30.3 Å². The van der Waals surface area contributed by atoms with Gasteiger partial charge in [0.25, 0.3) is 5.91 Å². The zero-order valence-electron chi connectivity index (χ0n) is 18.2. The van der Waals surface area contributed by atoms with Crippen molar-refractivity contribution >= 4 is 57.5 Å². The molecule has 4 amide bonds. The molecule has 170 valence electrons. The van der Waals surface area contributed by atoms with Crippen LogP contribution >= 0.6 is 23.2 Å². The number of benzene rings is 3. The zero-order chi connectivity index (χ0) is 23.9. The third-order valence-corrected chi connectivity index (χ3v) is 6.55. The summed E-state index contributed by atoms with van der Waals surface area (Å²) in [5.41, 5.74) is 0.256. The number of rotatable bonds is 5. The number of hydrogen-bond acceptors (Lipinski definition) is 4. The fourth-order valence-corrected chi connectivity index (χ4v) is 4.26. The second-order valence-electron chi connectivity index (χ2n) is 7.98. The monoisotopic (exact) mass is 485 g/mol. The minimum Gasteiger partial charge on any atom is -0.497 e. The van der Waals surface area contributed by atoms with E-state index in [1.165, 1.54) is 0 Å². The van der Waals surface area contributed by atoms with E-state index in [0.717, 1.165) is 27.0 Å². The SMILES string of the molecule is COc1ccc2cc(C3(C)NC(=O)N(CC(=O)Nc4c(Cl)ccc(C)c4Cl)C3=O)ccc2c1. The average molecular weight is 486 g/mol.